The van der Waals surface area contributed by atoms with Gasteiger partial charge in [0.05, 0.1) is 0 Å². The van der Waals surface area contributed by atoms with Gasteiger partial charge in [0.2, 0.25) is 0 Å². The molecule has 0 aromatic carbocycles. The van der Waals surface area contributed by atoms with Crippen molar-refractivity contribution in [2.75, 3.05) is 13.6 Å². The maximum Gasteiger partial charge on any atom is 0.274 e. The quantitative estimate of drug-likeness (QED) is 0.690. The second kappa shape index (κ2) is 3.84. The minimum Gasteiger partial charge on any atom is -0.341 e. The molecule has 0 aliphatic heterocycles. The van der Waals surface area contributed by atoms with Crippen LogP contribution in [0.3, 0.4) is 0 Å². The lowest BCUT2D eigenvalue weighted by Crippen LogP contribution is -2.28. The predicted octanol–water partition coefficient (Wildman–Crippen LogP) is -0.138. The molecule has 1 N–H and O–H groups in total. The van der Waals surface area contributed by atoms with Gasteiger partial charge in [0, 0.05) is 19.7 Å². The molecule has 0 radical (unpaired) electrons. The molecule has 1 rings (SSSR count). The second-order valence-corrected chi connectivity index (χ2v) is 2.63. The number of nitrogens with zero attached hydrogens (tertiary/aromatic N) is 2. The first kappa shape index (κ1) is 9.44. The predicted molar refractivity (Wildman–Crippen MR) is 47.5 cm³/mol. The van der Waals surface area contributed by atoms with Crippen LogP contribution in [0.4, 0.5) is 0 Å². The summed E-state index contributed by atoms with van der Waals surface area (Å²) in [5, 5.41) is 5.83. The summed E-state index contributed by atoms with van der Waals surface area (Å²) in [6.07, 6.45) is 0. The van der Waals surface area contributed by atoms with Crippen molar-refractivity contribution in [2.24, 2.45) is 0 Å². The Morgan fingerprint density at radius 3 is 2.77 bits per heavy atom. The van der Waals surface area contributed by atoms with E-state index in [0.717, 1.165) is 0 Å². The first-order valence-electron chi connectivity index (χ1n) is 3.96. The van der Waals surface area contributed by atoms with Crippen LogP contribution in [0.2, 0.25) is 0 Å². The minimum atomic E-state index is -0.310. The number of carbonyl (C=O) groups excluding carboxylic acids is 1. The van der Waals surface area contributed by atoms with Crippen molar-refractivity contribution in [1.82, 2.24) is 15.1 Å². The molecule has 0 saturated heterocycles. The fourth-order valence-corrected chi connectivity index (χ4v) is 0.803. The summed E-state index contributed by atoms with van der Waals surface area (Å²) in [4.78, 5) is 23.6. The monoisotopic (exact) mass is 181 g/mol. The van der Waals surface area contributed by atoms with Gasteiger partial charge in [-0.2, -0.15) is 5.10 Å². The number of H-pyrrole nitrogens is 1. The first-order chi connectivity index (χ1) is 6.15. The molecule has 70 valence electrons. The Morgan fingerprint density at radius 1 is 1.62 bits per heavy atom. The molecule has 0 aliphatic carbocycles. The highest BCUT2D eigenvalue weighted by Gasteiger charge is 2.10. The largest absolute Gasteiger partial charge is 0.341 e. The van der Waals surface area contributed by atoms with E-state index < -0.39 is 0 Å². The smallest absolute Gasteiger partial charge is 0.274 e. The zero-order valence-electron chi connectivity index (χ0n) is 7.57. The van der Waals surface area contributed by atoms with Crippen LogP contribution in [-0.2, 0) is 0 Å². The van der Waals surface area contributed by atoms with Crippen molar-refractivity contribution in [3.05, 3.63) is 28.2 Å². The van der Waals surface area contributed by atoms with Crippen LogP contribution >= 0.6 is 0 Å². The van der Waals surface area contributed by atoms with Crippen molar-refractivity contribution in [2.45, 2.75) is 6.92 Å². The molecule has 5 heteroatoms. The fourth-order valence-electron chi connectivity index (χ4n) is 0.803. The van der Waals surface area contributed by atoms with Gasteiger partial charge in [-0.3, -0.25) is 9.59 Å². The number of aromatic amines is 1. The van der Waals surface area contributed by atoms with E-state index in [0.29, 0.717) is 6.54 Å². The highest BCUT2D eigenvalue weighted by Crippen LogP contribution is 1.95. The summed E-state index contributed by atoms with van der Waals surface area (Å²) in [5.41, 5.74) is -0.0559. The number of aromatic nitrogens is 2. The average molecular weight is 181 g/mol. The summed E-state index contributed by atoms with van der Waals surface area (Å²) in [7, 11) is 1.68. The molecule has 1 aromatic rings. The van der Waals surface area contributed by atoms with Gasteiger partial charge in [0.15, 0.2) is 0 Å². The van der Waals surface area contributed by atoms with Gasteiger partial charge in [-0.1, -0.05) is 0 Å². The second-order valence-electron chi connectivity index (χ2n) is 2.63. The fraction of sp³-hybridized carbons (Fsp3) is 0.375. The molecule has 0 bridgehead atoms. The van der Waals surface area contributed by atoms with Crippen LogP contribution in [0.1, 0.15) is 17.4 Å². The molecule has 5 nitrogen and oxygen atoms in total. The molecular weight excluding hydrogens is 170 g/mol. The molecule has 0 aliphatic rings. The Kier molecular flexibility index (Phi) is 2.79. The minimum absolute atomic E-state index is 0.196. The van der Waals surface area contributed by atoms with E-state index in [4.69, 9.17) is 0 Å². The Balaban J connectivity index is 2.90. The highest BCUT2D eigenvalue weighted by atomic mass is 16.2. The Hall–Kier alpha value is -1.65. The lowest BCUT2D eigenvalue weighted by Gasteiger charge is -2.12. The molecule has 0 fully saturated rings. The van der Waals surface area contributed by atoms with Gasteiger partial charge in [-0.15, -0.1) is 0 Å². The summed E-state index contributed by atoms with van der Waals surface area (Å²) in [6.45, 7) is 2.48. The van der Waals surface area contributed by atoms with Crippen molar-refractivity contribution in [3.8, 4) is 0 Å². The van der Waals surface area contributed by atoms with Crippen molar-refractivity contribution in [1.29, 1.82) is 0 Å². The summed E-state index contributed by atoms with van der Waals surface area (Å²) in [5.74, 6) is -0.196. The van der Waals surface area contributed by atoms with E-state index in [1.54, 1.807) is 7.05 Å². The van der Waals surface area contributed by atoms with E-state index in [2.05, 4.69) is 10.2 Å². The van der Waals surface area contributed by atoms with Crippen molar-refractivity contribution in [3.63, 3.8) is 0 Å². The molecule has 0 saturated carbocycles. The zero-order chi connectivity index (χ0) is 9.84. The SMILES string of the molecule is CCN(C)C(=O)c1ccc(=O)[nH]n1. The maximum atomic E-state index is 11.4. The molecule has 0 unspecified atom stereocenters. The average Bonchev–Trinajstić information content (AvgIpc) is 2.17. The van der Waals surface area contributed by atoms with Crippen LogP contribution in [0.5, 0.6) is 0 Å². The van der Waals surface area contributed by atoms with Crippen LogP contribution < -0.4 is 5.56 Å². The number of amides is 1. The van der Waals surface area contributed by atoms with Crippen molar-refractivity contribution >= 4 is 5.91 Å². The van der Waals surface area contributed by atoms with E-state index in [-0.39, 0.29) is 17.2 Å². The Morgan fingerprint density at radius 2 is 2.31 bits per heavy atom. The highest BCUT2D eigenvalue weighted by molar-refractivity contribution is 5.91. The summed E-state index contributed by atoms with van der Waals surface area (Å²) < 4.78 is 0. The standard InChI is InChI=1S/C8H11N3O2/c1-3-11(2)8(13)6-4-5-7(12)10-9-6/h4-5H,3H2,1-2H3,(H,10,12). The molecule has 1 aromatic heterocycles. The molecule has 0 atom stereocenters. The Bertz CT molecular complexity index is 338. The molecule has 1 amide bonds. The molecule has 0 spiro atoms. The number of carbonyl (C=O) groups is 1. The molecular formula is C8H11N3O2. The van der Waals surface area contributed by atoms with Crippen LogP contribution in [0.15, 0.2) is 16.9 Å². The van der Waals surface area contributed by atoms with Crippen LogP contribution in [-0.4, -0.2) is 34.6 Å². The van der Waals surface area contributed by atoms with Gasteiger partial charge in [-0.05, 0) is 13.0 Å². The van der Waals surface area contributed by atoms with Crippen LogP contribution in [0, 0.1) is 0 Å². The van der Waals surface area contributed by atoms with Crippen molar-refractivity contribution < 1.29 is 4.79 Å². The number of hydrogen-bond acceptors (Lipinski definition) is 3. The van der Waals surface area contributed by atoms with Gasteiger partial charge < -0.3 is 4.90 Å². The third-order valence-electron chi connectivity index (χ3n) is 1.72. The number of rotatable bonds is 2. The third-order valence-corrected chi connectivity index (χ3v) is 1.72. The number of nitrogens with one attached hydrogen (secondary N) is 1. The van der Waals surface area contributed by atoms with Gasteiger partial charge in [0.25, 0.3) is 11.5 Å². The van der Waals surface area contributed by atoms with Crippen LogP contribution in [0.25, 0.3) is 0 Å². The lowest BCUT2D eigenvalue weighted by atomic mass is 10.3. The topological polar surface area (TPSA) is 66.1 Å². The van der Waals surface area contributed by atoms with Gasteiger partial charge in [-0.25, -0.2) is 5.10 Å². The normalized spacial score (nSPS) is 9.69. The van der Waals surface area contributed by atoms with Gasteiger partial charge in [0.1, 0.15) is 5.69 Å². The first-order valence-corrected chi connectivity index (χ1v) is 3.96. The van der Waals surface area contributed by atoms with Gasteiger partial charge >= 0.3 is 0 Å². The Labute approximate surface area is 75.4 Å². The van der Waals surface area contributed by atoms with E-state index in [9.17, 15) is 9.59 Å². The maximum absolute atomic E-state index is 11.4. The summed E-state index contributed by atoms with van der Waals surface area (Å²) in [6, 6.07) is 2.69. The van der Waals surface area contributed by atoms with E-state index in [1.165, 1.54) is 17.0 Å². The molecule has 1 heterocycles. The third kappa shape index (κ3) is 2.14. The van der Waals surface area contributed by atoms with E-state index >= 15 is 0 Å². The molecule has 13 heavy (non-hydrogen) atoms. The summed E-state index contributed by atoms with van der Waals surface area (Å²) >= 11 is 0. The van der Waals surface area contributed by atoms with E-state index in [1.807, 2.05) is 6.92 Å². The zero-order valence-corrected chi connectivity index (χ0v) is 7.57. The number of hydrogen-bond donors (Lipinski definition) is 1. The lowest BCUT2D eigenvalue weighted by molar-refractivity contribution is 0.0795.